The van der Waals surface area contributed by atoms with Gasteiger partial charge in [0.15, 0.2) is 5.96 Å². The molecule has 0 unspecified atom stereocenters. The van der Waals surface area contributed by atoms with Gasteiger partial charge in [0.05, 0.1) is 12.1 Å². The summed E-state index contributed by atoms with van der Waals surface area (Å²) in [5, 5.41) is 12.0. The minimum atomic E-state index is -0.518. The minimum Gasteiger partial charge on any atom is -0.392 e. The van der Waals surface area contributed by atoms with Crippen molar-refractivity contribution >= 4 is 33.7 Å². The van der Waals surface area contributed by atoms with Crippen LogP contribution in [0.15, 0.2) is 41.4 Å². The number of aromatic nitrogens is 1. The fraction of sp³-hybridized carbons (Fsp3) is 0.300. The van der Waals surface area contributed by atoms with Gasteiger partial charge in [-0.3, -0.25) is 4.79 Å². The number of guanidine groups is 1. The second-order valence-electron chi connectivity index (χ2n) is 6.76. The van der Waals surface area contributed by atoms with Crippen LogP contribution in [-0.4, -0.2) is 34.8 Å². The van der Waals surface area contributed by atoms with Gasteiger partial charge in [0.2, 0.25) is 0 Å². The SMILES string of the molecule is NC(N)=NC(=O)c1cc(CO)c2c3ccccc3n(C3CCOCC3)c2c1. The first-order valence-electron chi connectivity index (χ1n) is 8.98. The molecule has 0 radical (unpaired) electrons. The molecule has 27 heavy (non-hydrogen) atoms. The van der Waals surface area contributed by atoms with Gasteiger partial charge in [-0.2, -0.15) is 4.99 Å². The average molecular weight is 366 g/mol. The summed E-state index contributed by atoms with van der Waals surface area (Å²) < 4.78 is 7.78. The molecule has 0 atom stereocenters. The molecule has 4 rings (SSSR count). The van der Waals surface area contributed by atoms with Crippen molar-refractivity contribution in [1.82, 2.24) is 4.57 Å². The fourth-order valence-corrected chi connectivity index (χ4v) is 3.98. The molecule has 1 fully saturated rings. The number of nitrogens with two attached hydrogens (primary N) is 2. The first-order valence-corrected chi connectivity index (χ1v) is 8.98. The molecule has 7 heteroatoms. The Morgan fingerprint density at radius 1 is 1.19 bits per heavy atom. The molecule has 1 amide bonds. The lowest BCUT2D eigenvalue weighted by molar-refractivity contribution is 0.0717. The summed E-state index contributed by atoms with van der Waals surface area (Å²) in [5.74, 6) is -0.800. The monoisotopic (exact) mass is 366 g/mol. The lowest BCUT2D eigenvalue weighted by Crippen LogP contribution is -2.24. The Kier molecular flexibility index (Phi) is 4.55. The third-order valence-corrected chi connectivity index (χ3v) is 5.10. The van der Waals surface area contributed by atoms with Crippen LogP contribution in [0.3, 0.4) is 0 Å². The maximum atomic E-state index is 12.4. The molecule has 0 spiro atoms. The van der Waals surface area contributed by atoms with Crippen molar-refractivity contribution in [2.75, 3.05) is 13.2 Å². The lowest BCUT2D eigenvalue weighted by atomic mass is 10.0. The molecule has 2 heterocycles. The van der Waals surface area contributed by atoms with Gasteiger partial charge in [0.1, 0.15) is 0 Å². The maximum absolute atomic E-state index is 12.4. The van der Waals surface area contributed by atoms with Crippen molar-refractivity contribution in [3.63, 3.8) is 0 Å². The number of carbonyl (C=O) groups is 1. The Balaban J connectivity index is 2.03. The lowest BCUT2D eigenvalue weighted by Gasteiger charge is -2.25. The van der Waals surface area contributed by atoms with E-state index in [1.165, 1.54) is 0 Å². The highest BCUT2D eigenvalue weighted by Crippen LogP contribution is 2.37. The molecule has 1 aromatic heterocycles. The number of aliphatic hydroxyl groups is 1. The average Bonchev–Trinajstić information content (AvgIpc) is 3.01. The molecular formula is C20H22N4O3. The third kappa shape index (κ3) is 3.05. The summed E-state index contributed by atoms with van der Waals surface area (Å²) in [7, 11) is 0. The van der Waals surface area contributed by atoms with Crippen LogP contribution in [0, 0.1) is 0 Å². The number of aliphatic imine (C=N–C) groups is 1. The number of para-hydroxylation sites is 1. The summed E-state index contributed by atoms with van der Waals surface area (Å²) in [6, 6.07) is 11.8. The molecule has 3 aromatic rings. The molecular weight excluding hydrogens is 344 g/mol. The third-order valence-electron chi connectivity index (χ3n) is 5.10. The molecule has 2 aromatic carbocycles. The van der Waals surface area contributed by atoms with Crippen molar-refractivity contribution in [3.05, 3.63) is 47.5 Å². The van der Waals surface area contributed by atoms with Gasteiger partial charge in [-0.1, -0.05) is 18.2 Å². The van der Waals surface area contributed by atoms with Crippen LogP contribution >= 0.6 is 0 Å². The van der Waals surface area contributed by atoms with Crippen molar-refractivity contribution in [2.24, 2.45) is 16.5 Å². The smallest absolute Gasteiger partial charge is 0.280 e. The summed E-state index contributed by atoms with van der Waals surface area (Å²) >= 11 is 0. The van der Waals surface area contributed by atoms with Crippen LogP contribution in [0.4, 0.5) is 0 Å². The van der Waals surface area contributed by atoms with E-state index in [2.05, 4.69) is 15.6 Å². The Labute approximate surface area is 156 Å². The first kappa shape index (κ1) is 17.5. The molecule has 1 aliphatic rings. The van der Waals surface area contributed by atoms with Gasteiger partial charge in [0.25, 0.3) is 5.91 Å². The first-order chi connectivity index (χ1) is 13.1. The van der Waals surface area contributed by atoms with E-state index in [0.717, 1.165) is 34.6 Å². The number of hydrogen-bond acceptors (Lipinski definition) is 3. The number of amides is 1. The quantitative estimate of drug-likeness (QED) is 0.485. The van der Waals surface area contributed by atoms with E-state index in [-0.39, 0.29) is 18.6 Å². The van der Waals surface area contributed by atoms with E-state index in [1.54, 1.807) is 6.07 Å². The van der Waals surface area contributed by atoms with E-state index in [1.807, 2.05) is 24.3 Å². The molecule has 1 aliphatic heterocycles. The summed E-state index contributed by atoms with van der Waals surface area (Å²) in [6.45, 7) is 1.23. The number of fused-ring (bicyclic) bond motifs is 3. The molecule has 0 saturated carbocycles. The number of hydrogen-bond donors (Lipinski definition) is 3. The van der Waals surface area contributed by atoms with Gasteiger partial charge < -0.3 is 25.9 Å². The Morgan fingerprint density at radius 2 is 1.93 bits per heavy atom. The van der Waals surface area contributed by atoms with Crippen LogP contribution in [0.25, 0.3) is 21.8 Å². The number of aliphatic hydroxyl groups excluding tert-OH is 1. The summed E-state index contributed by atoms with van der Waals surface area (Å²) in [4.78, 5) is 16.1. The number of ether oxygens (including phenoxy) is 1. The topological polar surface area (TPSA) is 116 Å². The Morgan fingerprint density at radius 3 is 2.63 bits per heavy atom. The number of rotatable bonds is 3. The maximum Gasteiger partial charge on any atom is 0.280 e. The van der Waals surface area contributed by atoms with Gasteiger partial charge in [-0.15, -0.1) is 0 Å². The molecule has 0 aliphatic carbocycles. The number of benzene rings is 2. The highest BCUT2D eigenvalue weighted by Gasteiger charge is 2.23. The molecule has 7 nitrogen and oxygen atoms in total. The van der Waals surface area contributed by atoms with E-state index >= 15 is 0 Å². The molecule has 5 N–H and O–H groups in total. The second kappa shape index (κ2) is 7.02. The van der Waals surface area contributed by atoms with Crippen LogP contribution in [0.5, 0.6) is 0 Å². The van der Waals surface area contributed by atoms with Crippen molar-refractivity contribution in [2.45, 2.75) is 25.5 Å². The Bertz CT molecular complexity index is 1040. The van der Waals surface area contributed by atoms with Gasteiger partial charge in [-0.05, 0) is 36.6 Å². The van der Waals surface area contributed by atoms with E-state index in [4.69, 9.17) is 16.2 Å². The fourth-order valence-electron chi connectivity index (χ4n) is 3.98. The van der Waals surface area contributed by atoms with E-state index in [0.29, 0.717) is 24.3 Å². The minimum absolute atomic E-state index is 0.179. The van der Waals surface area contributed by atoms with Crippen LogP contribution in [0.2, 0.25) is 0 Å². The van der Waals surface area contributed by atoms with Crippen molar-refractivity contribution in [1.29, 1.82) is 0 Å². The normalized spacial score (nSPS) is 15.3. The van der Waals surface area contributed by atoms with Crippen LogP contribution < -0.4 is 11.5 Å². The predicted molar refractivity (Wildman–Crippen MR) is 105 cm³/mol. The zero-order valence-electron chi connectivity index (χ0n) is 14.9. The van der Waals surface area contributed by atoms with Gasteiger partial charge in [0, 0.05) is 41.1 Å². The molecule has 1 saturated heterocycles. The highest BCUT2D eigenvalue weighted by molar-refractivity contribution is 6.12. The zero-order valence-corrected chi connectivity index (χ0v) is 14.9. The Hall–Kier alpha value is -2.90. The van der Waals surface area contributed by atoms with Crippen LogP contribution in [0.1, 0.15) is 34.8 Å². The van der Waals surface area contributed by atoms with Gasteiger partial charge >= 0.3 is 0 Å². The van der Waals surface area contributed by atoms with Crippen molar-refractivity contribution in [3.8, 4) is 0 Å². The van der Waals surface area contributed by atoms with E-state index < -0.39 is 5.91 Å². The predicted octanol–water partition coefficient (Wildman–Crippen LogP) is 2.05. The largest absolute Gasteiger partial charge is 0.392 e. The van der Waals surface area contributed by atoms with Gasteiger partial charge in [-0.25, -0.2) is 0 Å². The second-order valence-corrected chi connectivity index (χ2v) is 6.76. The molecule has 0 bridgehead atoms. The van der Waals surface area contributed by atoms with E-state index in [9.17, 15) is 9.90 Å². The number of carbonyl (C=O) groups excluding carboxylic acids is 1. The van der Waals surface area contributed by atoms with Crippen molar-refractivity contribution < 1.29 is 14.6 Å². The highest BCUT2D eigenvalue weighted by atomic mass is 16.5. The molecule has 140 valence electrons. The van der Waals surface area contributed by atoms with Crippen LogP contribution in [-0.2, 0) is 11.3 Å². The number of nitrogens with zero attached hydrogens (tertiary/aromatic N) is 2. The standard InChI is InChI=1S/C20H22N4O3/c21-20(22)23-19(26)12-9-13(11-25)18-15-3-1-2-4-16(15)24(17(18)10-12)14-5-7-27-8-6-14/h1-4,9-10,14,25H,5-8,11H2,(H4,21,22,23,26). The zero-order chi connectivity index (χ0) is 19.0. The summed E-state index contributed by atoms with van der Waals surface area (Å²) in [5.41, 5.74) is 13.8. The summed E-state index contributed by atoms with van der Waals surface area (Å²) in [6.07, 6.45) is 1.79.